The molecule has 1 amide bonds. The van der Waals surface area contributed by atoms with E-state index < -0.39 is 0 Å². The number of amides is 1. The van der Waals surface area contributed by atoms with Crippen molar-refractivity contribution in [1.82, 2.24) is 10.2 Å². The van der Waals surface area contributed by atoms with E-state index >= 15 is 0 Å². The molecule has 2 fully saturated rings. The number of hydrogen-bond acceptors (Lipinski definition) is 4. The van der Waals surface area contributed by atoms with Gasteiger partial charge in [-0.15, -0.1) is 0 Å². The Balaban J connectivity index is 1.23. The minimum atomic E-state index is -0.0802. The predicted octanol–water partition coefficient (Wildman–Crippen LogP) is 4.49. The lowest BCUT2D eigenvalue weighted by Crippen LogP contribution is -2.40. The molecular weight excluding hydrogens is 400 g/mol. The average molecular weight is 435 g/mol. The van der Waals surface area contributed by atoms with Gasteiger partial charge < -0.3 is 15.0 Å². The van der Waals surface area contributed by atoms with Crippen LogP contribution >= 0.6 is 0 Å². The predicted molar refractivity (Wildman–Crippen MR) is 125 cm³/mol. The number of carbonyl (C=O) groups excluding carboxylic acids is 2. The average Bonchev–Trinajstić information content (AvgIpc) is 2.80. The van der Waals surface area contributed by atoms with Crippen LogP contribution in [-0.2, 0) is 20.9 Å². The Bertz CT molecular complexity index is 859. The maximum absolute atomic E-state index is 12.6. The van der Waals surface area contributed by atoms with Crippen molar-refractivity contribution >= 4 is 11.9 Å². The van der Waals surface area contributed by atoms with Crippen LogP contribution in [0.3, 0.4) is 0 Å². The Labute approximate surface area is 191 Å². The Morgan fingerprint density at radius 2 is 1.56 bits per heavy atom. The zero-order chi connectivity index (χ0) is 22.2. The van der Waals surface area contributed by atoms with Crippen molar-refractivity contribution < 1.29 is 14.3 Å². The summed E-state index contributed by atoms with van der Waals surface area (Å²) >= 11 is 0. The molecule has 170 valence electrons. The van der Waals surface area contributed by atoms with Crippen molar-refractivity contribution in [3.05, 3.63) is 71.8 Å². The van der Waals surface area contributed by atoms with E-state index in [4.69, 9.17) is 4.74 Å². The topological polar surface area (TPSA) is 58.6 Å². The van der Waals surface area contributed by atoms with Crippen molar-refractivity contribution in [2.24, 2.45) is 11.8 Å². The fourth-order valence-electron chi connectivity index (χ4n) is 4.52. The number of carbonyl (C=O) groups is 2. The summed E-state index contributed by atoms with van der Waals surface area (Å²) in [4.78, 5) is 27.4. The summed E-state index contributed by atoms with van der Waals surface area (Å²) in [5.41, 5.74) is 2.19. The van der Waals surface area contributed by atoms with Gasteiger partial charge in [0.1, 0.15) is 6.61 Å². The molecule has 0 aromatic heterocycles. The van der Waals surface area contributed by atoms with Gasteiger partial charge in [0.15, 0.2) is 0 Å². The Morgan fingerprint density at radius 1 is 0.906 bits per heavy atom. The molecule has 1 saturated heterocycles. The van der Waals surface area contributed by atoms with E-state index in [1.165, 1.54) is 5.56 Å². The summed E-state index contributed by atoms with van der Waals surface area (Å²) < 4.78 is 5.54. The Kier molecular flexibility index (Phi) is 7.94. The molecule has 1 aliphatic carbocycles. The largest absolute Gasteiger partial charge is 0.461 e. The van der Waals surface area contributed by atoms with Crippen molar-refractivity contribution in [3.8, 4) is 0 Å². The zero-order valence-corrected chi connectivity index (χ0v) is 18.7. The lowest BCUT2D eigenvalue weighted by Gasteiger charge is -2.33. The van der Waals surface area contributed by atoms with Crippen LogP contribution < -0.4 is 5.32 Å². The van der Waals surface area contributed by atoms with Crippen LogP contribution in [0.1, 0.15) is 55.7 Å². The minimum absolute atomic E-state index is 0.0156. The van der Waals surface area contributed by atoms with Crippen LogP contribution in [0.4, 0.5) is 0 Å². The summed E-state index contributed by atoms with van der Waals surface area (Å²) in [6.45, 7) is 3.04. The molecule has 2 aromatic carbocycles. The van der Waals surface area contributed by atoms with Crippen molar-refractivity contribution in [2.45, 2.75) is 51.2 Å². The second kappa shape index (κ2) is 11.3. The Hall–Kier alpha value is -2.66. The van der Waals surface area contributed by atoms with Gasteiger partial charge in [0, 0.05) is 12.5 Å². The highest BCUT2D eigenvalue weighted by Gasteiger charge is 2.29. The molecule has 1 unspecified atom stereocenters. The first kappa shape index (κ1) is 22.5. The SMILES string of the molecule is O=C(NC(CCN1CCC(C(=O)OCc2ccccc2)CC1)c1ccccc1)C1CCC1. The van der Waals surface area contributed by atoms with Gasteiger partial charge in [-0.1, -0.05) is 67.1 Å². The number of nitrogens with one attached hydrogen (secondary N) is 1. The molecule has 5 nitrogen and oxygen atoms in total. The molecule has 4 rings (SSSR count). The standard InChI is InChI=1S/C27H34N2O3/c30-26(23-12-7-13-23)28-25(22-10-5-2-6-11-22)16-19-29-17-14-24(15-18-29)27(31)32-20-21-8-3-1-4-9-21/h1-6,8-11,23-25H,7,12-20H2,(H,28,30). The number of rotatable bonds is 9. The summed E-state index contributed by atoms with van der Waals surface area (Å²) in [5, 5.41) is 3.29. The third kappa shape index (κ3) is 6.19. The highest BCUT2D eigenvalue weighted by molar-refractivity contribution is 5.79. The number of ether oxygens (including phenoxy) is 1. The van der Waals surface area contributed by atoms with Crippen molar-refractivity contribution in [3.63, 3.8) is 0 Å². The first-order valence-corrected chi connectivity index (χ1v) is 12.0. The number of piperidine rings is 1. The van der Waals surface area contributed by atoms with Gasteiger partial charge in [0.25, 0.3) is 0 Å². The number of benzene rings is 2. The number of esters is 1. The van der Waals surface area contributed by atoms with Gasteiger partial charge in [0.05, 0.1) is 12.0 Å². The van der Waals surface area contributed by atoms with E-state index in [-0.39, 0.29) is 29.8 Å². The van der Waals surface area contributed by atoms with Crippen LogP contribution in [0, 0.1) is 11.8 Å². The van der Waals surface area contributed by atoms with E-state index in [1.54, 1.807) is 0 Å². The molecule has 1 atom stereocenters. The van der Waals surface area contributed by atoms with E-state index in [2.05, 4.69) is 22.3 Å². The second-order valence-corrected chi connectivity index (χ2v) is 9.10. The zero-order valence-electron chi connectivity index (χ0n) is 18.7. The van der Waals surface area contributed by atoms with Gasteiger partial charge in [0.2, 0.25) is 5.91 Å². The maximum atomic E-state index is 12.6. The highest BCUT2D eigenvalue weighted by atomic mass is 16.5. The van der Waals surface area contributed by atoms with Gasteiger partial charge in [-0.25, -0.2) is 0 Å². The van der Waals surface area contributed by atoms with Crippen LogP contribution in [0.25, 0.3) is 0 Å². The minimum Gasteiger partial charge on any atom is -0.461 e. The van der Waals surface area contributed by atoms with Gasteiger partial charge in [-0.2, -0.15) is 0 Å². The summed E-state index contributed by atoms with van der Waals surface area (Å²) in [7, 11) is 0. The van der Waals surface area contributed by atoms with E-state index in [0.717, 1.165) is 63.7 Å². The lowest BCUT2D eigenvalue weighted by atomic mass is 9.84. The fraction of sp³-hybridized carbons (Fsp3) is 0.481. The van der Waals surface area contributed by atoms with Crippen LogP contribution in [0.15, 0.2) is 60.7 Å². The molecule has 1 saturated carbocycles. The molecule has 2 aromatic rings. The normalized spacial score (nSPS) is 18.5. The number of hydrogen-bond donors (Lipinski definition) is 1. The molecule has 32 heavy (non-hydrogen) atoms. The van der Waals surface area contributed by atoms with E-state index in [9.17, 15) is 9.59 Å². The van der Waals surface area contributed by atoms with Gasteiger partial charge >= 0.3 is 5.97 Å². The monoisotopic (exact) mass is 434 g/mol. The van der Waals surface area contributed by atoms with Crippen LogP contribution in [0.5, 0.6) is 0 Å². The molecule has 0 spiro atoms. The lowest BCUT2D eigenvalue weighted by molar-refractivity contribution is -0.151. The van der Waals surface area contributed by atoms with Gasteiger partial charge in [-0.05, 0) is 56.3 Å². The number of nitrogens with zero attached hydrogens (tertiary/aromatic N) is 1. The van der Waals surface area contributed by atoms with Crippen molar-refractivity contribution in [2.75, 3.05) is 19.6 Å². The summed E-state index contributed by atoms with van der Waals surface area (Å²) in [5.74, 6) is 0.297. The maximum Gasteiger partial charge on any atom is 0.309 e. The second-order valence-electron chi connectivity index (χ2n) is 9.10. The van der Waals surface area contributed by atoms with Crippen molar-refractivity contribution in [1.29, 1.82) is 0 Å². The molecular formula is C27H34N2O3. The molecule has 2 aliphatic rings. The van der Waals surface area contributed by atoms with Crippen LogP contribution in [0.2, 0.25) is 0 Å². The smallest absolute Gasteiger partial charge is 0.309 e. The first-order valence-electron chi connectivity index (χ1n) is 12.0. The highest BCUT2D eigenvalue weighted by Crippen LogP contribution is 2.28. The van der Waals surface area contributed by atoms with E-state index in [0.29, 0.717) is 6.61 Å². The molecule has 1 aliphatic heterocycles. The molecule has 0 radical (unpaired) electrons. The molecule has 1 heterocycles. The summed E-state index contributed by atoms with van der Waals surface area (Å²) in [6, 6.07) is 20.1. The fourth-order valence-corrected chi connectivity index (χ4v) is 4.52. The quantitative estimate of drug-likeness (QED) is 0.591. The Morgan fingerprint density at radius 3 is 2.19 bits per heavy atom. The molecule has 0 bridgehead atoms. The summed E-state index contributed by atoms with van der Waals surface area (Å²) in [6.07, 6.45) is 5.74. The first-order chi connectivity index (χ1) is 15.7. The third-order valence-corrected chi connectivity index (χ3v) is 6.87. The molecule has 5 heteroatoms. The third-order valence-electron chi connectivity index (χ3n) is 6.87. The van der Waals surface area contributed by atoms with Crippen LogP contribution in [-0.4, -0.2) is 36.4 Å². The van der Waals surface area contributed by atoms with Gasteiger partial charge in [-0.3, -0.25) is 9.59 Å². The number of likely N-dealkylation sites (tertiary alicyclic amines) is 1. The molecule has 1 N–H and O–H groups in total. The van der Waals surface area contributed by atoms with E-state index in [1.807, 2.05) is 48.5 Å².